The number of nitrogens with zero attached hydrogens (tertiary/aromatic N) is 1. The summed E-state index contributed by atoms with van der Waals surface area (Å²) in [5.74, 6) is 2.02. The van der Waals surface area contributed by atoms with Gasteiger partial charge in [0, 0.05) is 18.1 Å². The first-order valence-electron chi connectivity index (χ1n) is 12.6. The Balaban J connectivity index is 1.46. The maximum atomic E-state index is 12.2. The zero-order valence-corrected chi connectivity index (χ0v) is 19.5. The third kappa shape index (κ3) is 4.35. The molecular formula is C27H36N2O4. The molecule has 178 valence electrons. The van der Waals surface area contributed by atoms with Crippen molar-refractivity contribution in [2.45, 2.75) is 51.0 Å². The Morgan fingerprint density at radius 3 is 2.85 bits per heavy atom. The molecule has 0 radical (unpaired) electrons. The van der Waals surface area contributed by atoms with Gasteiger partial charge in [0.15, 0.2) is 0 Å². The van der Waals surface area contributed by atoms with Gasteiger partial charge in [-0.05, 0) is 91.6 Å². The lowest BCUT2D eigenvalue weighted by Gasteiger charge is -2.54. The van der Waals surface area contributed by atoms with E-state index in [1.807, 2.05) is 24.3 Å². The number of fused-ring (bicyclic) bond motifs is 2. The average molecular weight is 453 g/mol. The van der Waals surface area contributed by atoms with E-state index in [0.29, 0.717) is 24.8 Å². The molecule has 1 aliphatic heterocycles. The van der Waals surface area contributed by atoms with Crippen LogP contribution in [0.2, 0.25) is 0 Å². The topological polar surface area (TPSA) is 91.7 Å². The first kappa shape index (κ1) is 22.6. The molecule has 0 amide bonds. The minimum Gasteiger partial charge on any atom is -0.497 e. The van der Waals surface area contributed by atoms with E-state index in [2.05, 4.69) is 10.3 Å². The van der Waals surface area contributed by atoms with Crippen LogP contribution in [0.15, 0.2) is 30.5 Å². The lowest BCUT2D eigenvalue weighted by molar-refractivity contribution is -0.147. The van der Waals surface area contributed by atoms with Crippen LogP contribution in [0.4, 0.5) is 0 Å². The highest BCUT2D eigenvalue weighted by Gasteiger charge is 2.50. The van der Waals surface area contributed by atoms with Crippen molar-refractivity contribution >= 4 is 16.9 Å². The van der Waals surface area contributed by atoms with Gasteiger partial charge in [0.25, 0.3) is 0 Å². The molecule has 2 aromatic rings. The second-order valence-corrected chi connectivity index (χ2v) is 10.4. The molecule has 5 rings (SSSR count). The molecular weight excluding hydrogens is 416 g/mol. The van der Waals surface area contributed by atoms with Crippen molar-refractivity contribution in [3.63, 3.8) is 0 Å². The van der Waals surface area contributed by atoms with Gasteiger partial charge in [0.1, 0.15) is 5.75 Å². The van der Waals surface area contributed by atoms with Gasteiger partial charge in [0.05, 0.1) is 24.6 Å². The smallest absolute Gasteiger partial charge is 0.308 e. The predicted molar refractivity (Wildman–Crippen MR) is 127 cm³/mol. The standard InChI is InChI=1S/C27H36N2O4/c1-33-17-6-7-25-23(13-17)20(9-11-29-25)26(30)14-22(19-8-10-28-15-24(19)27(31)32)21-12-16-4-2-3-5-18(16)21/h6-7,9,11,13,16,18-19,21-22,24,26,28,30H,2-5,8,10,12,14-15H2,1H3,(H,31,32)/t16?,18?,19?,21?,22-,24?,26+/m0/s1. The molecule has 2 saturated carbocycles. The second-order valence-electron chi connectivity index (χ2n) is 10.4. The number of benzene rings is 1. The van der Waals surface area contributed by atoms with E-state index in [4.69, 9.17) is 4.74 Å². The minimum atomic E-state index is -0.703. The van der Waals surface area contributed by atoms with Gasteiger partial charge in [-0.1, -0.05) is 19.3 Å². The van der Waals surface area contributed by atoms with Crippen molar-refractivity contribution in [2.75, 3.05) is 20.2 Å². The minimum absolute atomic E-state index is 0.105. The number of carboxylic acid groups (broad SMARTS) is 1. The number of aliphatic carboxylic acids is 1. The van der Waals surface area contributed by atoms with Crippen LogP contribution in [0, 0.1) is 35.5 Å². The number of hydrogen-bond acceptors (Lipinski definition) is 5. The number of nitrogens with one attached hydrogen (secondary N) is 1. The molecule has 6 heteroatoms. The summed E-state index contributed by atoms with van der Waals surface area (Å²) >= 11 is 0. The highest BCUT2D eigenvalue weighted by Crippen LogP contribution is 2.56. The molecule has 0 bridgehead atoms. The van der Waals surface area contributed by atoms with Crippen LogP contribution in [-0.4, -0.2) is 41.4 Å². The van der Waals surface area contributed by atoms with E-state index in [9.17, 15) is 15.0 Å². The van der Waals surface area contributed by atoms with Crippen LogP contribution >= 0.6 is 0 Å². The highest BCUT2D eigenvalue weighted by atomic mass is 16.5. The van der Waals surface area contributed by atoms with Crippen LogP contribution in [-0.2, 0) is 4.79 Å². The van der Waals surface area contributed by atoms with Crippen LogP contribution in [0.1, 0.15) is 56.6 Å². The number of carboxylic acids is 1. The normalized spacial score (nSPS) is 31.3. The number of piperidine rings is 1. The molecule has 7 atom stereocenters. The van der Waals surface area contributed by atoms with Gasteiger partial charge < -0.3 is 20.3 Å². The Hall–Kier alpha value is -2.18. The molecule has 0 spiro atoms. The number of rotatable bonds is 7. The molecule has 3 aliphatic rings. The van der Waals surface area contributed by atoms with Gasteiger partial charge in [-0.25, -0.2) is 0 Å². The predicted octanol–water partition coefficient (Wildman–Crippen LogP) is 4.42. The van der Waals surface area contributed by atoms with E-state index in [1.165, 1.54) is 32.1 Å². The zero-order valence-electron chi connectivity index (χ0n) is 19.5. The maximum Gasteiger partial charge on any atom is 0.308 e. The quantitative estimate of drug-likeness (QED) is 0.576. The lowest BCUT2D eigenvalue weighted by Crippen LogP contribution is -2.51. The van der Waals surface area contributed by atoms with Gasteiger partial charge in [-0.3, -0.25) is 9.78 Å². The third-order valence-corrected chi connectivity index (χ3v) is 8.88. The molecule has 5 unspecified atom stereocenters. The average Bonchev–Trinajstić information content (AvgIpc) is 2.83. The molecule has 6 nitrogen and oxygen atoms in total. The van der Waals surface area contributed by atoms with Gasteiger partial charge in [-0.2, -0.15) is 0 Å². The van der Waals surface area contributed by atoms with Crippen molar-refractivity contribution < 1.29 is 19.7 Å². The number of pyridine rings is 1. The molecule has 3 fully saturated rings. The Bertz CT molecular complexity index is 995. The molecule has 1 saturated heterocycles. The molecule has 33 heavy (non-hydrogen) atoms. The van der Waals surface area contributed by atoms with Crippen LogP contribution in [0.3, 0.4) is 0 Å². The van der Waals surface area contributed by atoms with E-state index >= 15 is 0 Å². The fraction of sp³-hybridized carbons (Fsp3) is 0.630. The first-order valence-corrected chi connectivity index (χ1v) is 12.6. The van der Waals surface area contributed by atoms with Gasteiger partial charge in [-0.15, -0.1) is 0 Å². The number of carbonyl (C=O) groups is 1. The molecule has 2 heterocycles. The largest absolute Gasteiger partial charge is 0.497 e. The summed E-state index contributed by atoms with van der Waals surface area (Å²) in [6.45, 7) is 1.39. The summed E-state index contributed by atoms with van der Waals surface area (Å²) in [6.07, 6.45) is 8.98. The van der Waals surface area contributed by atoms with Crippen LogP contribution < -0.4 is 10.1 Å². The molecule has 1 aromatic carbocycles. The number of aromatic nitrogens is 1. The number of aliphatic hydroxyl groups is 1. The summed E-state index contributed by atoms with van der Waals surface area (Å²) in [4.78, 5) is 16.6. The van der Waals surface area contributed by atoms with Crippen molar-refractivity contribution in [1.29, 1.82) is 0 Å². The van der Waals surface area contributed by atoms with Crippen molar-refractivity contribution in [3.8, 4) is 5.75 Å². The molecule has 2 aliphatic carbocycles. The SMILES string of the molecule is COc1ccc2nccc([C@H](O)C[C@@H](C3CCNCC3C(=O)O)C3CC4CCCCC43)c2c1. The summed E-state index contributed by atoms with van der Waals surface area (Å²) in [6, 6.07) is 7.66. The lowest BCUT2D eigenvalue weighted by atomic mass is 9.51. The third-order valence-electron chi connectivity index (χ3n) is 8.88. The van der Waals surface area contributed by atoms with E-state index < -0.39 is 12.1 Å². The fourth-order valence-electron chi connectivity index (χ4n) is 7.19. The van der Waals surface area contributed by atoms with Crippen molar-refractivity contribution in [3.05, 3.63) is 36.0 Å². The summed E-state index contributed by atoms with van der Waals surface area (Å²) in [5, 5.41) is 25.7. The summed E-state index contributed by atoms with van der Waals surface area (Å²) < 4.78 is 5.42. The molecule has 1 aromatic heterocycles. The van der Waals surface area contributed by atoms with E-state index in [0.717, 1.165) is 41.1 Å². The van der Waals surface area contributed by atoms with Gasteiger partial charge >= 0.3 is 5.97 Å². The number of ether oxygens (including phenoxy) is 1. The summed E-state index contributed by atoms with van der Waals surface area (Å²) in [5.41, 5.74) is 1.70. The van der Waals surface area contributed by atoms with Crippen LogP contribution in [0.25, 0.3) is 10.9 Å². The molecule has 3 N–H and O–H groups in total. The van der Waals surface area contributed by atoms with Crippen molar-refractivity contribution in [1.82, 2.24) is 10.3 Å². The number of aliphatic hydroxyl groups excluding tert-OH is 1. The van der Waals surface area contributed by atoms with Gasteiger partial charge in [0.2, 0.25) is 0 Å². The Morgan fingerprint density at radius 1 is 1.21 bits per heavy atom. The van der Waals surface area contributed by atoms with Crippen LogP contribution in [0.5, 0.6) is 5.75 Å². The van der Waals surface area contributed by atoms with E-state index in [1.54, 1.807) is 13.3 Å². The fourth-order valence-corrected chi connectivity index (χ4v) is 7.19. The Kier molecular flexibility index (Phi) is 6.57. The Morgan fingerprint density at radius 2 is 2.06 bits per heavy atom. The van der Waals surface area contributed by atoms with Crippen molar-refractivity contribution in [2.24, 2.45) is 35.5 Å². The maximum absolute atomic E-state index is 12.2. The number of methoxy groups -OCH3 is 1. The zero-order chi connectivity index (χ0) is 22.9. The Labute approximate surface area is 195 Å². The number of hydrogen-bond donors (Lipinski definition) is 3. The monoisotopic (exact) mass is 452 g/mol. The highest BCUT2D eigenvalue weighted by molar-refractivity contribution is 5.83. The summed E-state index contributed by atoms with van der Waals surface area (Å²) in [7, 11) is 1.64. The first-order chi connectivity index (χ1) is 16.1. The van der Waals surface area contributed by atoms with E-state index in [-0.39, 0.29) is 17.8 Å². The second kappa shape index (κ2) is 9.59.